The lowest BCUT2D eigenvalue weighted by Crippen LogP contribution is -2.23. The Hall–Kier alpha value is -1.12. The van der Waals surface area contributed by atoms with E-state index in [-0.39, 0.29) is 0 Å². The summed E-state index contributed by atoms with van der Waals surface area (Å²) in [6.45, 7) is 4.32. The van der Waals surface area contributed by atoms with E-state index in [9.17, 15) is 4.79 Å². The number of rotatable bonds is 1. The van der Waals surface area contributed by atoms with Crippen LogP contribution in [0.5, 0.6) is 0 Å². The Labute approximate surface area is 90.5 Å². The Morgan fingerprint density at radius 3 is 2.87 bits per heavy atom. The number of carbonyl (C=O) groups is 1. The number of aromatic nitrogens is 2. The number of Topliss-reactive ketones (excluding diaryl/α,β-unsaturated/α-hetero) is 1. The maximum atomic E-state index is 11.5. The minimum Gasteiger partial charge on any atom is -0.300 e. The predicted molar refractivity (Wildman–Crippen MR) is 58.7 cm³/mol. The van der Waals surface area contributed by atoms with Gasteiger partial charge in [0.1, 0.15) is 5.78 Å². The van der Waals surface area contributed by atoms with Crippen LogP contribution in [0.15, 0.2) is 6.20 Å². The standard InChI is InChI=1S/C12H18N2O/c1-8-4-5-10(15)6-11(8)12-9(2)7-13-14(12)3/h7-8,11H,4-6H2,1-3H3. The average molecular weight is 206 g/mol. The fourth-order valence-corrected chi connectivity index (χ4v) is 2.59. The molecule has 1 fully saturated rings. The minimum atomic E-state index is 0.374. The third-order valence-corrected chi connectivity index (χ3v) is 3.54. The highest BCUT2D eigenvalue weighted by atomic mass is 16.1. The van der Waals surface area contributed by atoms with E-state index in [1.165, 1.54) is 11.3 Å². The summed E-state index contributed by atoms with van der Waals surface area (Å²) in [4.78, 5) is 11.5. The van der Waals surface area contributed by atoms with E-state index in [0.717, 1.165) is 12.8 Å². The monoisotopic (exact) mass is 206 g/mol. The number of aryl methyl sites for hydroxylation is 2. The van der Waals surface area contributed by atoms with Crippen LogP contribution in [0.2, 0.25) is 0 Å². The molecule has 0 aliphatic heterocycles. The molecular weight excluding hydrogens is 188 g/mol. The van der Waals surface area contributed by atoms with E-state index >= 15 is 0 Å². The van der Waals surface area contributed by atoms with Crippen molar-refractivity contribution in [1.29, 1.82) is 0 Å². The number of hydrogen-bond donors (Lipinski definition) is 0. The van der Waals surface area contributed by atoms with Crippen molar-refractivity contribution < 1.29 is 4.79 Å². The van der Waals surface area contributed by atoms with Crippen molar-refractivity contribution in [2.24, 2.45) is 13.0 Å². The molecule has 0 spiro atoms. The van der Waals surface area contributed by atoms with Gasteiger partial charge in [-0.2, -0.15) is 5.10 Å². The van der Waals surface area contributed by atoms with Gasteiger partial charge in [-0.25, -0.2) is 0 Å². The van der Waals surface area contributed by atoms with Crippen LogP contribution < -0.4 is 0 Å². The van der Waals surface area contributed by atoms with Gasteiger partial charge < -0.3 is 0 Å². The molecule has 0 N–H and O–H groups in total. The maximum Gasteiger partial charge on any atom is 0.133 e. The number of nitrogens with zero attached hydrogens (tertiary/aromatic N) is 2. The number of carbonyl (C=O) groups excluding carboxylic acids is 1. The molecule has 82 valence electrons. The molecule has 15 heavy (non-hydrogen) atoms. The zero-order valence-electron chi connectivity index (χ0n) is 9.66. The molecule has 1 aliphatic rings. The first-order chi connectivity index (χ1) is 7.09. The fourth-order valence-electron chi connectivity index (χ4n) is 2.59. The third-order valence-electron chi connectivity index (χ3n) is 3.54. The summed E-state index contributed by atoms with van der Waals surface area (Å²) in [7, 11) is 1.97. The van der Waals surface area contributed by atoms with Gasteiger partial charge in [0.2, 0.25) is 0 Å². The van der Waals surface area contributed by atoms with E-state index in [0.29, 0.717) is 24.0 Å². The van der Waals surface area contributed by atoms with Crippen LogP contribution in [0.1, 0.15) is 43.4 Å². The summed E-state index contributed by atoms with van der Waals surface area (Å²) in [5.74, 6) is 1.37. The summed E-state index contributed by atoms with van der Waals surface area (Å²) in [5, 5.41) is 4.26. The Morgan fingerprint density at radius 2 is 2.27 bits per heavy atom. The predicted octanol–water partition coefficient (Wildman–Crippen LogP) is 2.20. The first-order valence-corrected chi connectivity index (χ1v) is 5.59. The second-order valence-electron chi connectivity index (χ2n) is 4.70. The van der Waals surface area contributed by atoms with Crippen molar-refractivity contribution in [3.05, 3.63) is 17.5 Å². The third kappa shape index (κ3) is 1.83. The van der Waals surface area contributed by atoms with Crippen LogP contribution in [-0.4, -0.2) is 15.6 Å². The Kier molecular flexibility index (Phi) is 2.63. The lowest BCUT2D eigenvalue weighted by atomic mass is 9.77. The summed E-state index contributed by atoms with van der Waals surface area (Å²) >= 11 is 0. The first-order valence-electron chi connectivity index (χ1n) is 5.59. The van der Waals surface area contributed by atoms with Crippen molar-refractivity contribution in [2.45, 2.75) is 39.0 Å². The van der Waals surface area contributed by atoms with Gasteiger partial charge in [0.15, 0.2) is 0 Å². The van der Waals surface area contributed by atoms with Crippen LogP contribution in [0.4, 0.5) is 0 Å². The molecule has 0 saturated heterocycles. The minimum absolute atomic E-state index is 0.374. The van der Waals surface area contributed by atoms with E-state index < -0.39 is 0 Å². The maximum absolute atomic E-state index is 11.5. The van der Waals surface area contributed by atoms with Gasteiger partial charge in [0.05, 0.1) is 6.20 Å². The van der Waals surface area contributed by atoms with Gasteiger partial charge in [0.25, 0.3) is 0 Å². The highest BCUT2D eigenvalue weighted by molar-refractivity contribution is 5.80. The van der Waals surface area contributed by atoms with Crippen molar-refractivity contribution in [3.8, 4) is 0 Å². The van der Waals surface area contributed by atoms with Crippen molar-refractivity contribution in [2.75, 3.05) is 0 Å². The van der Waals surface area contributed by atoms with E-state index in [2.05, 4.69) is 18.9 Å². The second-order valence-corrected chi connectivity index (χ2v) is 4.70. The van der Waals surface area contributed by atoms with Gasteiger partial charge in [-0.05, 0) is 24.8 Å². The van der Waals surface area contributed by atoms with Crippen LogP contribution in [0, 0.1) is 12.8 Å². The van der Waals surface area contributed by atoms with E-state index in [1.54, 1.807) is 0 Å². The first kappa shape index (κ1) is 10.4. The van der Waals surface area contributed by atoms with Gasteiger partial charge in [0, 0.05) is 31.5 Å². The molecule has 1 saturated carbocycles. The Balaban J connectivity index is 2.32. The summed E-state index contributed by atoms with van der Waals surface area (Å²) in [5.41, 5.74) is 2.46. The van der Waals surface area contributed by atoms with Gasteiger partial charge >= 0.3 is 0 Å². The summed E-state index contributed by atoms with van der Waals surface area (Å²) in [6, 6.07) is 0. The lowest BCUT2D eigenvalue weighted by Gasteiger charge is -2.28. The molecule has 2 rings (SSSR count). The lowest BCUT2D eigenvalue weighted by molar-refractivity contribution is -0.121. The molecule has 0 aromatic carbocycles. The van der Waals surface area contributed by atoms with Gasteiger partial charge in [-0.3, -0.25) is 9.48 Å². The van der Waals surface area contributed by atoms with Crippen molar-refractivity contribution >= 4 is 5.78 Å². The quantitative estimate of drug-likeness (QED) is 0.706. The zero-order chi connectivity index (χ0) is 11.0. The topological polar surface area (TPSA) is 34.9 Å². The average Bonchev–Trinajstić information content (AvgIpc) is 2.51. The molecule has 1 aromatic heterocycles. The van der Waals surface area contributed by atoms with E-state index in [4.69, 9.17) is 0 Å². The molecule has 2 unspecified atom stereocenters. The van der Waals surface area contributed by atoms with E-state index in [1.807, 2.05) is 17.9 Å². The fraction of sp³-hybridized carbons (Fsp3) is 0.667. The SMILES string of the molecule is Cc1cnn(C)c1C1CC(=O)CCC1C. The Bertz CT molecular complexity index is 361. The molecule has 1 aromatic rings. The van der Waals surface area contributed by atoms with Crippen LogP contribution in [0.25, 0.3) is 0 Å². The zero-order valence-corrected chi connectivity index (χ0v) is 9.66. The molecule has 2 atom stereocenters. The van der Waals surface area contributed by atoms with Crippen LogP contribution >= 0.6 is 0 Å². The van der Waals surface area contributed by atoms with Crippen LogP contribution in [0.3, 0.4) is 0 Å². The summed E-state index contributed by atoms with van der Waals surface area (Å²) in [6.07, 6.45) is 4.37. The normalized spacial score (nSPS) is 27.0. The summed E-state index contributed by atoms with van der Waals surface area (Å²) < 4.78 is 1.93. The van der Waals surface area contributed by atoms with Crippen LogP contribution in [-0.2, 0) is 11.8 Å². The number of hydrogen-bond acceptors (Lipinski definition) is 2. The Morgan fingerprint density at radius 1 is 1.53 bits per heavy atom. The molecule has 0 bridgehead atoms. The van der Waals surface area contributed by atoms with Crippen molar-refractivity contribution in [3.63, 3.8) is 0 Å². The second kappa shape index (κ2) is 3.80. The highest BCUT2D eigenvalue weighted by Crippen LogP contribution is 2.36. The molecule has 3 nitrogen and oxygen atoms in total. The van der Waals surface area contributed by atoms with Crippen molar-refractivity contribution in [1.82, 2.24) is 9.78 Å². The largest absolute Gasteiger partial charge is 0.300 e. The molecule has 1 aliphatic carbocycles. The smallest absolute Gasteiger partial charge is 0.133 e. The molecule has 3 heteroatoms. The van der Waals surface area contributed by atoms with Gasteiger partial charge in [-0.1, -0.05) is 6.92 Å². The molecule has 0 amide bonds. The van der Waals surface area contributed by atoms with Gasteiger partial charge in [-0.15, -0.1) is 0 Å². The molecular formula is C12H18N2O. The highest BCUT2D eigenvalue weighted by Gasteiger charge is 2.30. The molecule has 1 heterocycles. The number of ketones is 1. The molecule has 0 radical (unpaired) electrons.